The fourth-order valence-corrected chi connectivity index (χ4v) is 13.6. The number of hydrogen-bond donors (Lipinski definition) is 8. The number of carbonyl (C=O) groups excluding carboxylic acids is 1. The van der Waals surface area contributed by atoms with E-state index in [4.69, 9.17) is 34.9 Å². The van der Waals surface area contributed by atoms with E-state index in [9.17, 15) is 9.90 Å². The second kappa shape index (κ2) is 35.0. The van der Waals surface area contributed by atoms with Crippen LogP contribution < -0.4 is 42.1 Å². The Labute approximate surface area is 596 Å². The summed E-state index contributed by atoms with van der Waals surface area (Å²) in [6, 6.07) is 26.1. The molecule has 1 unspecified atom stereocenters. The molecular formula is C78H105N21O2. The number of aryl methyl sites for hydroxylation is 1. The minimum Gasteiger partial charge on any atom is -0.396 e. The van der Waals surface area contributed by atoms with Crippen molar-refractivity contribution in [1.82, 2.24) is 64.2 Å². The molecule has 8 aromatic rings. The zero-order valence-corrected chi connectivity index (χ0v) is 60.7. The van der Waals surface area contributed by atoms with Crippen LogP contribution in [0.15, 0.2) is 153 Å². The van der Waals surface area contributed by atoms with Crippen LogP contribution in [-0.2, 0) is 24.2 Å². The summed E-state index contributed by atoms with van der Waals surface area (Å²) >= 11 is 0. The first-order valence-corrected chi connectivity index (χ1v) is 35.9. The fraction of sp³-hybridized carbons (Fsp3) is 0.436. The molecule has 8 N–H and O–H groups in total. The van der Waals surface area contributed by atoms with Gasteiger partial charge in [-0.25, -0.2) is 15.0 Å². The molecule has 23 nitrogen and oxygen atoms in total. The molecule has 2 atom stereocenters. The number of nitrogens with zero attached hydrogens (tertiary/aromatic N) is 14. The number of amides is 1. The number of hydrogen-bond acceptors (Lipinski definition) is 20. The van der Waals surface area contributed by atoms with Crippen LogP contribution in [0, 0.1) is 11.8 Å². The SMILES string of the molecule is C=CC(=C)Nc1cccc(Nc2nc(N3CCCC[C@H]3CCO)nc3c2ncn3C(C)C)c1.C=CC(=C)Nc1cccc(Nc2nc(NC3CCC(N(C)C)CC3)nc3c(CC)cnn23)c1.C=CC(=O)NCc1cccc(Nc2nc(CC3CCC(N(C)C)CC3)nc3c2N=CC3C(C)C)c1. The van der Waals surface area contributed by atoms with E-state index in [0.717, 1.165) is 142 Å². The molecule has 101 heavy (non-hydrogen) atoms. The van der Waals surface area contributed by atoms with E-state index in [1.807, 2.05) is 91.5 Å². The van der Waals surface area contributed by atoms with E-state index in [2.05, 4.69) is 162 Å². The van der Waals surface area contributed by atoms with Gasteiger partial charge in [0.1, 0.15) is 11.5 Å². The van der Waals surface area contributed by atoms with E-state index in [1.54, 1.807) is 16.7 Å². The van der Waals surface area contributed by atoms with Crippen LogP contribution in [0.4, 0.5) is 63.6 Å². The van der Waals surface area contributed by atoms with Crippen molar-refractivity contribution in [2.75, 3.05) is 78.1 Å². The number of aliphatic hydroxyl groups excluding tert-OH is 1. The molecule has 534 valence electrons. The number of carbonyl (C=O) groups is 1. The standard InChI is InChI=1S/C28H38N6O.C25H34N8.C25H33N7O/c1-6-25(35)29-16-20-8-7-9-21(14-20)31-28-27-26(23(17-30-27)18(2)3)32-24(33-28)15-19-10-12-22(13-11-19)34(4)5;1-6-17(3)27-20-9-8-10-21(15-20)29-25-31-24(30-23-18(7-2)16-26-33(23)25)28-19-11-13-22(14-12-19)32(4)5;1-5-18(4)27-19-9-8-10-20(15-19)28-23-22-24(32(16-26-22)17(2)3)30-25(29-23)31-13-7-6-11-21(31)12-14-33/h6-9,14,17-19,22-23H,1,10-13,15-16H2,2-5H3,(H,29,35)(H,31,32,33);6,8-10,15-16,19,22,27H,1,3,7,11-14H2,2,4-5H3,(H2,28,29,30,31);5,8-10,15-17,21,27,33H,1,4,6-7,11-14H2,2-3H3,(H,28,29,30)/t;;21-/m..0/s1. The number of benzene rings is 3. The minimum atomic E-state index is -0.185. The first-order chi connectivity index (χ1) is 48.8. The topological polar surface area (TPSA) is 256 Å². The van der Waals surface area contributed by atoms with Crippen LogP contribution in [-0.4, -0.2) is 142 Å². The summed E-state index contributed by atoms with van der Waals surface area (Å²) in [5.41, 5.74) is 12.3. The van der Waals surface area contributed by atoms with Crippen LogP contribution in [0.3, 0.4) is 0 Å². The molecule has 2 saturated carbocycles. The first kappa shape index (κ1) is 73.9. The molecule has 3 fully saturated rings. The second-order valence-corrected chi connectivity index (χ2v) is 27.9. The Morgan fingerprint density at radius 1 is 0.703 bits per heavy atom. The average molecular weight is 1370 g/mol. The lowest BCUT2D eigenvalue weighted by Gasteiger charge is -2.35. The predicted octanol–water partition coefficient (Wildman–Crippen LogP) is 15.0. The maximum Gasteiger partial charge on any atom is 0.243 e. The Bertz CT molecular complexity index is 4190. The number of aromatic nitrogens is 10. The molecule has 7 heterocycles. The number of imidazole rings is 1. The quantitative estimate of drug-likeness (QED) is 0.0176. The molecule has 2 aliphatic carbocycles. The highest BCUT2D eigenvalue weighted by molar-refractivity contribution is 5.88. The van der Waals surface area contributed by atoms with Gasteiger partial charge in [0.15, 0.2) is 28.4 Å². The number of aliphatic imine (C=N–C) groups is 1. The highest BCUT2D eigenvalue weighted by Gasteiger charge is 2.31. The molecule has 23 heteroatoms. The summed E-state index contributed by atoms with van der Waals surface area (Å²) in [5.74, 6) is 5.35. The van der Waals surface area contributed by atoms with Crippen molar-refractivity contribution in [3.8, 4) is 0 Å². The summed E-state index contributed by atoms with van der Waals surface area (Å²) in [6.07, 6.45) is 25.6. The summed E-state index contributed by atoms with van der Waals surface area (Å²) in [6.45, 7) is 31.1. The van der Waals surface area contributed by atoms with Gasteiger partial charge in [0.25, 0.3) is 0 Å². The molecule has 0 spiro atoms. The molecule has 3 aromatic carbocycles. The lowest BCUT2D eigenvalue weighted by atomic mass is 9.83. The number of anilines is 10. The van der Waals surface area contributed by atoms with Crippen LogP contribution >= 0.6 is 0 Å². The largest absolute Gasteiger partial charge is 0.396 e. The van der Waals surface area contributed by atoms with Gasteiger partial charge in [0.05, 0.1) is 18.2 Å². The number of aliphatic hydroxyl groups is 1. The molecule has 2 aliphatic heterocycles. The highest BCUT2D eigenvalue weighted by Crippen LogP contribution is 2.42. The Hall–Kier alpha value is -9.84. The number of nitrogens with one attached hydrogen (secondary N) is 7. The Kier molecular flexibility index (Phi) is 25.6. The highest BCUT2D eigenvalue weighted by atomic mass is 16.3. The van der Waals surface area contributed by atoms with Gasteiger partial charge in [0, 0.05) is 114 Å². The fourth-order valence-electron chi connectivity index (χ4n) is 13.6. The van der Waals surface area contributed by atoms with Gasteiger partial charge in [0.2, 0.25) is 23.8 Å². The lowest BCUT2D eigenvalue weighted by Crippen LogP contribution is -2.41. The van der Waals surface area contributed by atoms with Gasteiger partial charge >= 0.3 is 0 Å². The summed E-state index contributed by atoms with van der Waals surface area (Å²) in [4.78, 5) is 57.3. The molecule has 0 radical (unpaired) electrons. The second-order valence-electron chi connectivity index (χ2n) is 27.9. The van der Waals surface area contributed by atoms with Gasteiger partial charge in [-0.3, -0.25) is 9.79 Å². The molecule has 5 aromatic heterocycles. The molecule has 4 aliphatic rings. The third-order valence-corrected chi connectivity index (χ3v) is 19.5. The average Bonchev–Trinajstić information content (AvgIpc) is 1.69. The minimum absolute atomic E-state index is 0.161. The van der Waals surface area contributed by atoms with E-state index in [0.29, 0.717) is 66.6 Å². The smallest absolute Gasteiger partial charge is 0.243 e. The van der Waals surface area contributed by atoms with Gasteiger partial charge in [-0.15, -0.1) is 0 Å². The van der Waals surface area contributed by atoms with E-state index < -0.39 is 0 Å². The molecule has 0 bridgehead atoms. The summed E-state index contributed by atoms with van der Waals surface area (Å²) in [7, 11) is 8.69. The lowest BCUT2D eigenvalue weighted by molar-refractivity contribution is -0.116. The molecule has 1 amide bonds. The van der Waals surface area contributed by atoms with Crippen molar-refractivity contribution in [3.63, 3.8) is 0 Å². The van der Waals surface area contributed by atoms with Crippen LogP contribution in [0.1, 0.15) is 146 Å². The van der Waals surface area contributed by atoms with Crippen LogP contribution in [0.2, 0.25) is 0 Å². The van der Waals surface area contributed by atoms with Crippen molar-refractivity contribution < 1.29 is 9.90 Å². The van der Waals surface area contributed by atoms with Crippen molar-refractivity contribution in [1.29, 1.82) is 0 Å². The monoisotopic (exact) mass is 1370 g/mol. The van der Waals surface area contributed by atoms with Gasteiger partial charge < -0.3 is 61.6 Å². The zero-order valence-electron chi connectivity index (χ0n) is 60.7. The van der Waals surface area contributed by atoms with Gasteiger partial charge in [-0.2, -0.15) is 29.5 Å². The molecular weight excluding hydrogens is 1260 g/mol. The van der Waals surface area contributed by atoms with Gasteiger partial charge in [-0.1, -0.05) is 77.9 Å². The van der Waals surface area contributed by atoms with Gasteiger partial charge in [-0.05, 0) is 210 Å². The Balaban J connectivity index is 0.000000163. The number of rotatable bonds is 27. The number of allylic oxidation sites excluding steroid dienone is 2. The van der Waals surface area contributed by atoms with Crippen molar-refractivity contribution in [2.45, 2.75) is 167 Å². The number of fused-ring (bicyclic) bond motifs is 3. The maximum atomic E-state index is 11.5. The predicted molar refractivity (Wildman–Crippen MR) is 414 cm³/mol. The third kappa shape index (κ3) is 19.4. The van der Waals surface area contributed by atoms with Crippen molar-refractivity contribution in [3.05, 3.63) is 170 Å². The normalized spacial score (nSPS) is 18.7. The first-order valence-electron chi connectivity index (χ1n) is 35.9. The van der Waals surface area contributed by atoms with E-state index in [-0.39, 0.29) is 30.5 Å². The molecule has 12 rings (SSSR count). The van der Waals surface area contributed by atoms with Crippen LogP contribution in [0.25, 0.3) is 16.8 Å². The maximum absolute atomic E-state index is 11.5. The Morgan fingerprint density at radius 2 is 1.34 bits per heavy atom. The Morgan fingerprint density at radius 3 is 1.96 bits per heavy atom. The third-order valence-electron chi connectivity index (χ3n) is 19.5. The van der Waals surface area contributed by atoms with Crippen molar-refractivity contribution in [2.24, 2.45) is 16.8 Å². The van der Waals surface area contributed by atoms with E-state index in [1.165, 1.54) is 44.6 Å². The summed E-state index contributed by atoms with van der Waals surface area (Å²) < 4.78 is 3.85. The number of piperidine rings is 1. The molecule has 1 saturated heterocycles. The summed E-state index contributed by atoms with van der Waals surface area (Å²) in [5, 5.41) is 37.4. The van der Waals surface area contributed by atoms with Crippen molar-refractivity contribution >= 4 is 92.5 Å². The van der Waals surface area contributed by atoms with E-state index >= 15 is 0 Å². The zero-order chi connectivity index (χ0) is 71.7. The van der Waals surface area contributed by atoms with Crippen LogP contribution in [0.5, 0.6) is 0 Å².